The smallest absolute Gasteiger partial charge is 0.347 e. The van der Waals surface area contributed by atoms with Crippen LogP contribution in [0.4, 0.5) is 10.8 Å². The van der Waals surface area contributed by atoms with E-state index in [1.165, 1.54) is 12.7 Å². The molecule has 6 heteroatoms. The van der Waals surface area contributed by atoms with Gasteiger partial charge in [0.15, 0.2) is 5.13 Å². The minimum absolute atomic E-state index is 0.195. The number of hydrogen-bond acceptors (Lipinski definition) is 5. The molecule has 1 aromatic heterocycles. The number of ether oxygens (including phenoxy) is 1. The van der Waals surface area contributed by atoms with E-state index in [9.17, 15) is 9.90 Å². The summed E-state index contributed by atoms with van der Waals surface area (Å²) < 4.78 is 5.01. The molecule has 0 saturated carbocycles. The van der Waals surface area contributed by atoms with Gasteiger partial charge in [-0.15, -0.1) is 0 Å². The fourth-order valence-corrected chi connectivity index (χ4v) is 2.84. The molecule has 0 aliphatic heterocycles. The Morgan fingerprint density at radius 2 is 2.05 bits per heavy atom. The highest BCUT2D eigenvalue weighted by Crippen LogP contribution is 2.31. The molecule has 0 aliphatic carbocycles. The van der Waals surface area contributed by atoms with E-state index in [1.54, 1.807) is 0 Å². The second-order valence-electron chi connectivity index (χ2n) is 4.59. The molecule has 1 aromatic carbocycles. The molecule has 1 N–H and O–H groups in total. The lowest BCUT2D eigenvalue weighted by Gasteiger charge is -2.16. The second-order valence-corrected chi connectivity index (χ2v) is 5.57. The molecule has 0 spiro atoms. The molecule has 2 rings (SSSR count). The van der Waals surface area contributed by atoms with Crippen LogP contribution in [0.1, 0.15) is 27.9 Å². The molecule has 0 bridgehead atoms. The van der Waals surface area contributed by atoms with Gasteiger partial charge in [0.2, 0.25) is 0 Å². The number of carbonyl (C=O) groups is 1. The summed E-state index contributed by atoms with van der Waals surface area (Å²) in [7, 11) is 3.40. The van der Waals surface area contributed by atoms with Crippen molar-refractivity contribution in [2.75, 3.05) is 19.1 Å². The zero-order chi connectivity index (χ0) is 15.4. The summed E-state index contributed by atoms with van der Waals surface area (Å²) in [5.74, 6) is -0.972. The number of carboxylic acid groups (broad SMARTS) is 1. The lowest BCUT2D eigenvalue weighted by atomic mass is 10.1. The van der Waals surface area contributed by atoms with Crippen LogP contribution in [0.15, 0.2) is 24.3 Å². The third-order valence-electron chi connectivity index (χ3n) is 3.18. The van der Waals surface area contributed by atoms with Gasteiger partial charge in [-0.3, -0.25) is 0 Å². The number of hydrogen-bond donors (Lipinski definition) is 1. The van der Waals surface area contributed by atoms with Gasteiger partial charge in [0.05, 0.1) is 12.3 Å². The average molecular weight is 306 g/mol. The molecule has 1 heterocycles. The topological polar surface area (TPSA) is 62.7 Å². The predicted octanol–water partition coefficient (Wildman–Crippen LogP) is 3.32. The lowest BCUT2D eigenvalue weighted by molar-refractivity contribution is 0.0697. The van der Waals surface area contributed by atoms with Gasteiger partial charge >= 0.3 is 5.97 Å². The monoisotopic (exact) mass is 306 g/mol. The third-order valence-corrected chi connectivity index (χ3v) is 4.34. The number of benzene rings is 1. The van der Waals surface area contributed by atoms with Crippen LogP contribution in [0.3, 0.4) is 0 Å². The first-order valence-corrected chi connectivity index (χ1v) is 7.43. The van der Waals surface area contributed by atoms with Crippen molar-refractivity contribution < 1.29 is 14.6 Å². The Bertz CT molecular complexity index is 622. The highest BCUT2D eigenvalue weighted by Gasteiger charge is 2.19. The molecule has 0 atom stereocenters. The van der Waals surface area contributed by atoms with Crippen molar-refractivity contribution in [2.24, 2.45) is 0 Å². The van der Waals surface area contributed by atoms with Crippen LogP contribution in [0, 0.1) is 0 Å². The van der Waals surface area contributed by atoms with Crippen LogP contribution >= 0.6 is 11.3 Å². The number of methoxy groups -OCH3 is 1. The molecule has 112 valence electrons. The quantitative estimate of drug-likeness (QED) is 0.887. The predicted molar refractivity (Wildman–Crippen MR) is 83.7 cm³/mol. The van der Waals surface area contributed by atoms with E-state index >= 15 is 0 Å². The average Bonchev–Trinajstić information content (AvgIpc) is 2.91. The summed E-state index contributed by atoms with van der Waals surface area (Å²) in [6, 6.07) is 8.15. The first-order chi connectivity index (χ1) is 10.1. The molecule has 2 aromatic rings. The van der Waals surface area contributed by atoms with E-state index in [-0.39, 0.29) is 11.5 Å². The van der Waals surface area contributed by atoms with Gasteiger partial charge in [0, 0.05) is 19.8 Å². The van der Waals surface area contributed by atoms with Crippen LogP contribution in [-0.4, -0.2) is 30.2 Å². The van der Waals surface area contributed by atoms with Crippen LogP contribution in [0.5, 0.6) is 0 Å². The summed E-state index contributed by atoms with van der Waals surface area (Å²) in [5.41, 5.74) is 2.70. The number of anilines is 2. The summed E-state index contributed by atoms with van der Waals surface area (Å²) >= 11 is 1.16. The van der Waals surface area contributed by atoms with Gasteiger partial charge in [-0.25, -0.2) is 9.78 Å². The highest BCUT2D eigenvalue weighted by atomic mass is 32.1. The first kappa shape index (κ1) is 15.5. The van der Waals surface area contributed by atoms with Crippen molar-refractivity contribution in [2.45, 2.75) is 20.0 Å². The Balaban J connectivity index is 2.31. The van der Waals surface area contributed by atoms with Crippen molar-refractivity contribution in [1.82, 2.24) is 4.98 Å². The van der Waals surface area contributed by atoms with Gasteiger partial charge < -0.3 is 14.7 Å². The number of aromatic nitrogens is 1. The highest BCUT2D eigenvalue weighted by molar-refractivity contribution is 7.17. The van der Waals surface area contributed by atoms with Crippen LogP contribution < -0.4 is 4.90 Å². The number of rotatable bonds is 6. The molecule has 0 amide bonds. The molecule has 0 fully saturated rings. The van der Waals surface area contributed by atoms with Crippen molar-refractivity contribution in [3.63, 3.8) is 0 Å². The second kappa shape index (κ2) is 6.69. The first-order valence-electron chi connectivity index (χ1n) is 6.61. The van der Waals surface area contributed by atoms with Crippen molar-refractivity contribution in [3.05, 3.63) is 40.4 Å². The van der Waals surface area contributed by atoms with Gasteiger partial charge in [-0.2, -0.15) is 0 Å². The molecular formula is C15H18N2O3S. The summed E-state index contributed by atoms with van der Waals surface area (Å²) in [4.78, 5) is 17.7. The van der Waals surface area contributed by atoms with E-state index in [1.807, 2.05) is 24.1 Å². The number of aromatic carboxylic acids is 1. The largest absolute Gasteiger partial charge is 0.477 e. The minimum Gasteiger partial charge on any atom is -0.477 e. The molecule has 21 heavy (non-hydrogen) atoms. The fourth-order valence-electron chi connectivity index (χ4n) is 1.95. The standard InChI is InChI=1S/C15H18N2O3S/c1-4-10-5-7-11(8-6-10)17(2)15-16-12(9-20-3)13(21-15)14(18)19/h5-8H,4,9H2,1-3H3,(H,18,19). The van der Waals surface area contributed by atoms with Crippen molar-refractivity contribution in [3.8, 4) is 0 Å². The van der Waals surface area contributed by atoms with Gasteiger partial charge in [0.1, 0.15) is 4.88 Å². The van der Waals surface area contributed by atoms with E-state index in [0.717, 1.165) is 23.4 Å². The van der Waals surface area contributed by atoms with E-state index < -0.39 is 5.97 Å². The Kier molecular flexibility index (Phi) is 4.93. The molecule has 0 unspecified atom stereocenters. The SMILES string of the molecule is CCc1ccc(N(C)c2nc(COC)c(C(=O)O)s2)cc1. The zero-order valence-corrected chi connectivity index (χ0v) is 13.1. The van der Waals surface area contributed by atoms with E-state index in [4.69, 9.17) is 4.74 Å². The minimum atomic E-state index is -0.972. The van der Waals surface area contributed by atoms with Crippen LogP contribution in [0.2, 0.25) is 0 Å². The normalized spacial score (nSPS) is 10.6. The Hall–Kier alpha value is -1.92. The molecule has 0 radical (unpaired) electrons. The third kappa shape index (κ3) is 3.40. The molecule has 0 saturated heterocycles. The number of aryl methyl sites for hydroxylation is 1. The van der Waals surface area contributed by atoms with Gasteiger partial charge in [0.25, 0.3) is 0 Å². The molecule has 0 aliphatic rings. The van der Waals surface area contributed by atoms with Crippen LogP contribution in [-0.2, 0) is 17.8 Å². The zero-order valence-electron chi connectivity index (χ0n) is 12.3. The Morgan fingerprint density at radius 1 is 1.38 bits per heavy atom. The summed E-state index contributed by atoms with van der Waals surface area (Å²) in [5, 5.41) is 9.86. The number of nitrogens with zero attached hydrogens (tertiary/aromatic N) is 2. The van der Waals surface area contributed by atoms with Gasteiger partial charge in [-0.1, -0.05) is 30.4 Å². The van der Waals surface area contributed by atoms with Crippen molar-refractivity contribution >= 4 is 28.1 Å². The van der Waals surface area contributed by atoms with Crippen molar-refractivity contribution in [1.29, 1.82) is 0 Å². The Labute approximate surface area is 127 Å². The molecular weight excluding hydrogens is 288 g/mol. The number of carboxylic acids is 1. The summed E-state index contributed by atoms with van der Waals surface area (Å²) in [6.07, 6.45) is 0.988. The van der Waals surface area contributed by atoms with Crippen LogP contribution in [0.25, 0.3) is 0 Å². The maximum atomic E-state index is 11.2. The Morgan fingerprint density at radius 3 is 2.57 bits per heavy atom. The fraction of sp³-hybridized carbons (Fsp3) is 0.333. The van der Waals surface area contributed by atoms with E-state index in [0.29, 0.717) is 10.8 Å². The maximum Gasteiger partial charge on any atom is 0.347 e. The van der Waals surface area contributed by atoms with E-state index in [2.05, 4.69) is 24.0 Å². The number of thiazole rings is 1. The lowest BCUT2D eigenvalue weighted by Crippen LogP contribution is -2.09. The summed E-state index contributed by atoms with van der Waals surface area (Å²) in [6.45, 7) is 2.30. The molecule has 5 nitrogen and oxygen atoms in total. The maximum absolute atomic E-state index is 11.2. The van der Waals surface area contributed by atoms with Gasteiger partial charge in [-0.05, 0) is 24.1 Å².